The van der Waals surface area contributed by atoms with Crippen LogP contribution in [-0.2, 0) is 9.84 Å². The summed E-state index contributed by atoms with van der Waals surface area (Å²) in [6.07, 6.45) is 0. The molecule has 0 aliphatic heterocycles. The second kappa shape index (κ2) is 4.70. The lowest BCUT2D eigenvalue weighted by Gasteiger charge is -2.07. The Hall–Kier alpha value is -1.40. The predicted molar refractivity (Wildman–Crippen MR) is 67.7 cm³/mol. The summed E-state index contributed by atoms with van der Waals surface area (Å²) in [4.78, 5) is -0.448. The van der Waals surface area contributed by atoms with Gasteiger partial charge in [0.15, 0.2) is 11.6 Å². The molecule has 2 aromatic rings. The second-order valence-electron chi connectivity index (χ2n) is 3.54. The summed E-state index contributed by atoms with van der Waals surface area (Å²) in [6.45, 7) is 0. The van der Waals surface area contributed by atoms with Crippen molar-refractivity contribution in [1.82, 2.24) is 0 Å². The molecule has 0 aliphatic rings. The van der Waals surface area contributed by atoms with Crippen LogP contribution in [0.25, 0.3) is 0 Å². The smallest absolute Gasteiger partial charge is 0.210 e. The molecular formula is C12H8BrFO3S. The summed E-state index contributed by atoms with van der Waals surface area (Å²) in [7, 11) is -3.92. The third-order valence-corrected chi connectivity index (χ3v) is 4.69. The minimum Gasteiger partial charge on any atom is -0.504 e. The van der Waals surface area contributed by atoms with Crippen LogP contribution in [0, 0.1) is 5.82 Å². The number of hydrogen-bond donors (Lipinski definition) is 1. The largest absolute Gasteiger partial charge is 0.504 e. The van der Waals surface area contributed by atoms with Crippen LogP contribution in [0.2, 0.25) is 0 Å². The first-order valence-corrected chi connectivity index (χ1v) is 7.18. The molecule has 0 heterocycles. The molecule has 0 amide bonds. The molecule has 0 unspecified atom stereocenters. The SMILES string of the molecule is O=S(=O)(c1ccc(Br)cc1)c1cccc(F)c1O. The van der Waals surface area contributed by atoms with E-state index >= 15 is 0 Å². The van der Waals surface area contributed by atoms with Crippen molar-refractivity contribution in [2.75, 3.05) is 0 Å². The van der Waals surface area contributed by atoms with Crippen molar-refractivity contribution in [3.63, 3.8) is 0 Å². The van der Waals surface area contributed by atoms with Gasteiger partial charge in [0.2, 0.25) is 9.84 Å². The Bertz CT molecular complexity index is 681. The minimum atomic E-state index is -3.92. The maximum absolute atomic E-state index is 13.2. The number of phenolic OH excluding ortho intramolecular Hbond substituents is 1. The van der Waals surface area contributed by atoms with Gasteiger partial charge in [-0.1, -0.05) is 22.0 Å². The van der Waals surface area contributed by atoms with Crippen molar-refractivity contribution in [3.8, 4) is 5.75 Å². The average molecular weight is 331 g/mol. The molecule has 18 heavy (non-hydrogen) atoms. The first kappa shape index (κ1) is 13.0. The Balaban J connectivity index is 2.62. The first-order chi connectivity index (χ1) is 8.43. The summed E-state index contributed by atoms with van der Waals surface area (Å²) in [5, 5.41) is 9.49. The van der Waals surface area contributed by atoms with Crippen LogP contribution in [0.3, 0.4) is 0 Å². The zero-order valence-corrected chi connectivity index (χ0v) is 11.4. The molecule has 2 aromatic carbocycles. The van der Waals surface area contributed by atoms with Crippen LogP contribution >= 0.6 is 15.9 Å². The van der Waals surface area contributed by atoms with Crippen molar-refractivity contribution >= 4 is 25.8 Å². The van der Waals surface area contributed by atoms with Gasteiger partial charge in [-0.25, -0.2) is 12.8 Å². The zero-order valence-electron chi connectivity index (χ0n) is 8.97. The van der Waals surface area contributed by atoms with Crippen LogP contribution in [-0.4, -0.2) is 13.5 Å². The average Bonchev–Trinajstić information content (AvgIpc) is 2.33. The van der Waals surface area contributed by atoms with E-state index in [4.69, 9.17) is 0 Å². The van der Waals surface area contributed by atoms with Crippen LogP contribution < -0.4 is 0 Å². The molecule has 0 fully saturated rings. The molecule has 0 aromatic heterocycles. The van der Waals surface area contributed by atoms with E-state index in [-0.39, 0.29) is 4.90 Å². The monoisotopic (exact) mass is 330 g/mol. The number of hydrogen-bond acceptors (Lipinski definition) is 3. The second-order valence-corrected chi connectivity index (χ2v) is 6.38. The lowest BCUT2D eigenvalue weighted by Crippen LogP contribution is -2.02. The lowest BCUT2D eigenvalue weighted by atomic mass is 10.3. The van der Waals surface area contributed by atoms with E-state index in [1.54, 1.807) is 12.1 Å². The molecule has 0 aliphatic carbocycles. The van der Waals surface area contributed by atoms with Crippen molar-refractivity contribution in [1.29, 1.82) is 0 Å². The predicted octanol–water partition coefficient (Wildman–Crippen LogP) is 3.13. The van der Waals surface area contributed by atoms with Gasteiger partial charge in [0, 0.05) is 4.47 Å². The van der Waals surface area contributed by atoms with Crippen molar-refractivity contribution in [2.45, 2.75) is 9.79 Å². The van der Waals surface area contributed by atoms with E-state index in [1.807, 2.05) is 0 Å². The summed E-state index contributed by atoms with van der Waals surface area (Å²) in [5.74, 6) is -1.83. The minimum absolute atomic E-state index is 0.00778. The fourth-order valence-electron chi connectivity index (χ4n) is 1.45. The number of rotatable bonds is 2. The van der Waals surface area contributed by atoms with E-state index in [1.165, 1.54) is 18.2 Å². The van der Waals surface area contributed by atoms with Crippen molar-refractivity contribution in [2.24, 2.45) is 0 Å². The normalized spacial score (nSPS) is 11.4. The van der Waals surface area contributed by atoms with Crippen molar-refractivity contribution < 1.29 is 17.9 Å². The number of phenols is 1. The molecule has 0 radical (unpaired) electrons. The number of para-hydroxylation sites is 1. The Morgan fingerprint density at radius 2 is 1.67 bits per heavy atom. The zero-order chi connectivity index (χ0) is 13.3. The van der Waals surface area contributed by atoms with Crippen LogP contribution in [0.5, 0.6) is 5.75 Å². The van der Waals surface area contributed by atoms with Crippen LogP contribution in [0.15, 0.2) is 56.7 Å². The maximum Gasteiger partial charge on any atom is 0.210 e. The molecule has 1 N–H and O–H groups in total. The number of halogens is 2. The van der Waals surface area contributed by atoms with Gasteiger partial charge in [-0.05, 0) is 36.4 Å². The first-order valence-electron chi connectivity index (χ1n) is 4.91. The molecular weight excluding hydrogens is 323 g/mol. The number of aromatic hydroxyl groups is 1. The standard InChI is InChI=1S/C12H8BrFO3S/c13-8-4-6-9(7-5-8)18(16,17)11-3-1-2-10(14)12(11)15/h1-7,15H. The quantitative estimate of drug-likeness (QED) is 0.920. The maximum atomic E-state index is 13.2. The molecule has 0 bridgehead atoms. The number of benzene rings is 2. The topological polar surface area (TPSA) is 54.4 Å². The molecule has 0 saturated carbocycles. The van der Waals surface area contributed by atoms with E-state index in [2.05, 4.69) is 15.9 Å². The van der Waals surface area contributed by atoms with Crippen molar-refractivity contribution in [3.05, 3.63) is 52.8 Å². The summed E-state index contributed by atoms with van der Waals surface area (Å²) < 4.78 is 38.2. The molecule has 0 atom stereocenters. The highest BCUT2D eigenvalue weighted by Crippen LogP contribution is 2.30. The molecule has 0 spiro atoms. The summed E-state index contributed by atoms with van der Waals surface area (Å²) in [6, 6.07) is 9.27. The Morgan fingerprint density at radius 3 is 2.28 bits per heavy atom. The fraction of sp³-hybridized carbons (Fsp3) is 0. The highest BCUT2D eigenvalue weighted by atomic mass is 79.9. The van der Waals surface area contributed by atoms with E-state index in [0.717, 1.165) is 16.6 Å². The molecule has 2 rings (SSSR count). The van der Waals surface area contributed by atoms with Gasteiger partial charge in [0.1, 0.15) is 4.90 Å². The van der Waals surface area contributed by atoms with Gasteiger partial charge < -0.3 is 5.11 Å². The molecule has 6 heteroatoms. The third-order valence-electron chi connectivity index (χ3n) is 2.36. The molecule has 0 saturated heterocycles. The molecule has 3 nitrogen and oxygen atoms in total. The van der Waals surface area contributed by atoms with Crippen LogP contribution in [0.1, 0.15) is 0 Å². The fourth-order valence-corrected chi connectivity index (χ4v) is 3.08. The molecule has 94 valence electrons. The van der Waals surface area contributed by atoms with Gasteiger partial charge in [-0.2, -0.15) is 0 Å². The Labute approximate surface area is 112 Å². The Morgan fingerprint density at radius 1 is 1.06 bits per heavy atom. The van der Waals surface area contributed by atoms with Gasteiger partial charge >= 0.3 is 0 Å². The summed E-state index contributed by atoms with van der Waals surface area (Å²) in [5.41, 5.74) is 0. The van der Waals surface area contributed by atoms with Crippen LogP contribution in [0.4, 0.5) is 4.39 Å². The van der Waals surface area contributed by atoms with E-state index in [0.29, 0.717) is 0 Å². The van der Waals surface area contributed by atoms with E-state index in [9.17, 15) is 17.9 Å². The highest BCUT2D eigenvalue weighted by molar-refractivity contribution is 9.10. The van der Waals surface area contributed by atoms with Gasteiger partial charge in [-0.15, -0.1) is 0 Å². The lowest BCUT2D eigenvalue weighted by molar-refractivity contribution is 0.417. The van der Waals surface area contributed by atoms with E-state index < -0.39 is 26.3 Å². The summed E-state index contributed by atoms with van der Waals surface area (Å²) >= 11 is 3.19. The number of sulfone groups is 1. The van der Waals surface area contributed by atoms with Gasteiger partial charge in [-0.3, -0.25) is 0 Å². The van der Waals surface area contributed by atoms with Gasteiger partial charge in [0.05, 0.1) is 4.90 Å². The highest BCUT2D eigenvalue weighted by Gasteiger charge is 2.23. The van der Waals surface area contributed by atoms with Gasteiger partial charge in [0.25, 0.3) is 0 Å². The Kier molecular flexibility index (Phi) is 3.41. The third kappa shape index (κ3) is 2.26.